The summed E-state index contributed by atoms with van der Waals surface area (Å²) in [5.74, 6) is -1.87. The van der Waals surface area contributed by atoms with Crippen LogP contribution in [0.1, 0.15) is 23.7 Å². The lowest BCUT2D eigenvalue weighted by Crippen LogP contribution is -2.47. The van der Waals surface area contributed by atoms with Crippen molar-refractivity contribution in [3.8, 4) is 0 Å². The van der Waals surface area contributed by atoms with Gasteiger partial charge >= 0.3 is 0 Å². The Morgan fingerprint density at radius 2 is 1.80 bits per heavy atom. The van der Waals surface area contributed by atoms with Crippen molar-refractivity contribution in [1.29, 1.82) is 0 Å². The van der Waals surface area contributed by atoms with Crippen molar-refractivity contribution in [1.82, 2.24) is 5.32 Å². The Morgan fingerprint density at radius 3 is 2.40 bits per heavy atom. The van der Waals surface area contributed by atoms with Crippen LogP contribution in [0.25, 0.3) is 0 Å². The van der Waals surface area contributed by atoms with Crippen molar-refractivity contribution in [2.75, 3.05) is 22.4 Å². The molecule has 0 unspecified atom stereocenters. The first kappa shape index (κ1) is 23.1. The smallest absolute Gasteiger partial charge is 0.253 e. The summed E-state index contributed by atoms with van der Waals surface area (Å²) in [7, 11) is -3.99. The van der Waals surface area contributed by atoms with E-state index in [9.17, 15) is 22.4 Å². The summed E-state index contributed by atoms with van der Waals surface area (Å²) in [4.78, 5) is 25.4. The van der Waals surface area contributed by atoms with Crippen LogP contribution in [0.4, 0.5) is 15.8 Å². The number of benzene rings is 2. The van der Waals surface area contributed by atoms with E-state index in [2.05, 4.69) is 17.2 Å². The zero-order valence-corrected chi connectivity index (χ0v) is 17.6. The Balaban J connectivity index is 2.40. The second kappa shape index (κ2) is 10.0. The van der Waals surface area contributed by atoms with Crippen LogP contribution in [-0.4, -0.2) is 39.1 Å². The predicted molar refractivity (Wildman–Crippen MR) is 115 cm³/mol. The van der Waals surface area contributed by atoms with Crippen molar-refractivity contribution >= 4 is 33.2 Å². The molecule has 0 saturated heterocycles. The van der Waals surface area contributed by atoms with E-state index in [1.165, 1.54) is 36.4 Å². The lowest BCUT2D eigenvalue weighted by atomic mass is 10.1. The number of hydrogen-bond donors (Lipinski definition) is 2. The standard InChI is InChI=1S/C21H24FN3O4S/c1-4-14-23-20(26)15-10-6-8-12-17(15)24-21(27)18(5-2)25(30(3,28)29)19-13-9-7-11-16(19)22/h4,6-13,18H,1,5,14H2,2-3H3,(H,23,26)(H,24,27)/t18-/m0/s1. The molecule has 0 aliphatic rings. The van der Waals surface area contributed by atoms with E-state index < -0.39 is 33.7 Å². The number of para-hydroxylation sites is 2. The fourth-order valence-corrected chi connectivity index (χ4v) is 4.14. The van der Waals surface area contributed by atoms with Gasteiger partial charge < -0.3 is 10.6 Å². The van der Waals surface area contributed by atoms with Crippen LogP contribution >= 0.6 is 0 Å². The second-order valence-electron chi connectivity index (χ2n) is 6.47. The molecule has 0 heterocycles. The monoisotopic (exact) mass is 433 g/mol. The van der Waals surface area contributed by atoms with E-state index in [-0.39, 0.29) is 29.9 Å². The average molecular weight is 434 g/mol. The molecule has 2 aromatic carbocycles. The minimum absolute atomic E-state index is 0.0814. The molecule has 2 N–H and O–H groups in total. The third-order valence-corrected chi connectivity index (χ3v) is 5.42. The highest BCUT2D eigenvalue weighted by Crippen LogP contribution is 2.26. The Kier molecular flexibility index (Phi) is 7.71. The molecule has 2 amide bonds. The molecule has 0 aromatic heterocycles. The summed E-state index contributed by atoms with van der Waals surface area (Å²) in [5, 5.41) is 5.23. The Hall–Kier alpha value is -3.20. The third kappa shape index (κ3) is 5.44. The van der Waals surface area contributed by atoms with Gasteiger partial charge in [-0.2, -0.15) is 0 Å². The summed E-state index contributed by atoms with van der Waals surface area (Å²) < 4.78 is 40.0. The van der Waals surface area contributed by atoms with Crippen molar-refractivity contribution in [3.63, 3.8) is 0 Å². The number of nitrogens with zero attached hydrogens (tertiary/aromatic N) is 1. The van der Waals surface area contributed by atoms with Crippen LogP contribution in [0.3, 0.4) is 0 Å². The van der Waals surface area contributed by atoms with Crippen LogP contribution < -0.4 is 14.9 Å². The molecule has 1 atom stereocenters. The van der Waals surface area contributed by atoms with E-state index in [1.54, 1.807) is 19.1 Å². The molecule has 0 spiro atoms. The first-order valence-electron chi connectivity index (χ1n) is 9.23. The maximum absolute atomic E-state index is 14.3. The van der Waals surface area contributed by atoms with E-state index in [4.69, 9.17) is 0 Å². The normalized spacial score (nSPS) is 12.0. The van der Waals surface area contributed by atoms with Gasteiger partial charge in [0.15, 0.2) is 0 Å². The number of rotatable bonds is 9. The van der Waals surface area contributed by atoms with Gasteiger partial charge in [0.2, 0.25) is 15.9 Å². The van der Waals surface area contributed by atoms with Gasteiger partial charge in [0.1, 0.15) is 11.9 Å². The van der Waals surface area contributed by atoms with Crippen LogP contribution in [-0.2, 0) is 14.8 Å². The van der Waals surface area contributed by atoms with Gasteiger partial charge in [0.25, 0.3) is 5.91 Å². The minimum Gasteiger partial charge on any atom is -0.349 e. The molecule has 0 saturated carbocycles. The number of halogens is 1. The molecule has 0 fully saturated rings. The third-order valence-electron chi connectivity index (χ3n) is 4.26. The minimum atomic E-state index is -3.99. The maximum Gasteiger partial charge on any atom is 0.253 e. The molecule has 0 radical (unpaired) electrons. The lowest BCUT2D eigenvalue weighted by Gasteiger charge is -2.30. The van der Waals surface area contributed by atoms with Gasteiger partial charge in [-0.3, -0.25) is 13.9 Å². The topological polar surface area (TPSA) is 95.6 Å². The van der Waals surface area contributed by atoms with Gasteiger partial charge in [0, 0.05) is 6.54 Å². The molecule has 0 aliphatic heterocycles. The van der Waals surface area contributed by atoms with E-state index in [1.807, 2.05) is 0 Å². The SMILES string of the molecule is C=CCNC(=O)c1ccccc1NC(=O)[C@H](CC)N(c1ccccc1F)S(C)(=O)=O. The molecule has 7 nitrogen and oxygen atoms in total. The quantitative estimate of drug-likeness (QED) is 0.595. The van der Waals surface area contributed by atoms with Gasteiger partial charge in [0.05, 0.1) is 23.2 Å². The Labute approximate surface area is 175 Å². The highest BCUT2D eigenvalue weighted by Gasteiger charge is 2.33. The van der Waals surface area contributed by atoms with Crippen LogP contribution in [0, 0.1) is 5.82 Å². The maximum atomic E-state index is 14.3. The number of hydrogen-bond acceptors (Lipinski definition) is 4. The fourth-order valence-electron chi connectivity index (χ4n) is 2.93. The summed E-state index contributed by atoms with van der Waals surface area (Å²) in [6.45, 7) is 5.39. The Bertz CT molecular complexity index is 1040. The number of carbonyl (C=O) groups excluding carboxylic acids is 2. The first-order chi connectivity index (χ1) is 14.2. The van der Waals surface area contributed by atoms with Crippen LogP contribution in [0.2, 0.25) is 0 Å². The van der Waals surface area contributed by atoms with E-state index in [0.29, 0.717) is 0 Å². The van der Waals surface area contributed by atoms with Gasteiger partial charge in [-0.15, -0.1) is 6.58 Å². The lowest BCUT2D eigenvalue weighted by molar-refractivity contribution is -0.117. The second-order valence-corrected chi connectivity index (χ2v) is 8.33. The molecule has 9 heteroatoms. The summed E-state index contributed by atoms with van der Waals surface area (Å²) >= 11 is 0. The zero-order chi connectivity index (χ0) is 22.3. The number of sulfonamides is 1. The van der Waals surface area contributed by atoms with Crippen molar-refractivity contribution in [3.05, 3.63) is 72.6 Å². The highest BCUT2D eigenvalue weighted by molar-refractivity contribution is 7.92. The van der Waals surface area contributed by atoms with E-state index in [0.717, 1.165) is 16.6 Å². The molecule has 0 aliphatic carbocycles. The van der Waals surface area contributed by atoms with Gasteiger partial charge in [-0.05, 0) is 30.7 Å². The van der Waals surface area contributed by atoms with Crippen LogP contribution in [0.15, 0.2) is 61.2 Å². The number of nitrogens with one attached hydrogen (secondary N) is 2. The predicted octanol–water partition coefficient (Wildman–Crippen LogP) is 2.92. The molecule has 2 rings (SSSR count). The first-order valence-corrected chi connectivity index (χ1v) is 11.1. The van der Waals surface area contributed by atoms with Gasteiger partial charge in [-0.25, -0.2) is 12.8 Å². The molecular weight excluding hydrogens is 409 g/mol. The number of anilines is 2. The van der Waals surface area contributed by atoms with Crippen molar-refractivity contribution in [2.45, 2.75) is 19.4 Å². The zero-order valence-electron chi connectivity index (χ0n) is 16.8. The Morgan fingerprint density at radius 1 is 1.17 bits per heavy atom. The van der Waals surface area contributed by atoms with Crippen molar-refractivity contribution in [2.24, 2.45) is 0 Å². The largest absolute Gasteiger partial charge is 0.349 e. The van der Waals surface area contributed by atoms with E-state index >= 15 is 0 Å². The molecule has 2 aromatic rings. The van der Waals surface area contributed by atoms with Crippen LogP contribution in [0.5, 0.6) is 0 Å². The summed E-state index contributed by atoms with van der Waals surface area (Å²) in [6.07, 6.45) is 2.51. The number of amides is 2. The highest BCUT2D eigenvalue weighted by atomic mass is 32.2. The molecule has 30 heavy (non-hydrogen) atoms. The molecular formula is C21H24FN3O4S. The fraction of sp³-hybridized carbons (Fsp3) is 0.238. The van der Waals surface area contributed by atoms with Crippen molar-refractivity contribution < 1.29 is 22.4 Å². The summed E-state index contributed by atoms with van der Waals surface area (Å²) in [6, 6.07) is 10.4. The average Bonchev–Trinajstić information content (AvgIpc) is 2.70. The van der Waals surface area contributed by atoms with Gasteiger partial charge in [-0.1, -0.05) is 37.3 Å². The number of carbonyl (C=O) groups is 2. The molecule has 160 valence electrons. The molecule has 0 bridgehead atoms. The summed E-state index contributed by atoms with van der Waals surface area (Å²) in [5.41, 5.74) is 0.197.